The molecule has 0 aliphatic heterocycles. The third kappa shape index (κ3) is 2.10. The fourth-order valence-corrected chi connectivity index (χ4v) is 1.86. The second-order valence-corrected chi connectivity index (χ2v) is 4.58. The molecule has 0 saturated heterocycles. The van der Waals surface area contributed by atoms with E-state index in [0.29, 0.717) is 17.9 Å². The van der Waals surface area contributed by atoms with E-state index in [1.165, 1.54) is 6.42 Å². The zero-order valence-electron chi connectivity index (χ0n) is 10.4. The summed E-state index contributed by atoms with van der Waals surface area (Å²) >= 11 is 0. The molecule has 6 heteroatoms. The lowest BCUT2D eigenvalue weighted by molar-refractivity contribution is 0.117. The maximum Gasteiger partial charge on any atom is 0.229 e. The molecule has 0 radical (unpaired) electrons. The molecule has 0 unspecified atom stereocenters. The summed E-state index contributed by atoms with van der Waals surface area (Å²) < 4.78 is 5.89. The van der Waals surface area contributed by atoms with Gasteiger partial charge in [0.05, 0.1) is 6.20 Å². The van der Waals surface area contributed by atoms with E-state index in [-0.39, 0.29) is 0 Å². The van der Waals surface area contributed by atoms with Crippen molar-refractivity contribution in [2.45, 2.75) is 38.7 Å². The quantitative estimate of drug-likeness (QED) is 0.846. The first-order valence-corrected chi connectivity index (χ1v) is 6.48. The summed E-state index contributed by atoms with van der Waals surface area (Å²) in [6.45, 7) is 2.95. The molecule has 18 heavy (non-hydrogen) atoms. The lowest BCUT2D eigenvalue weighted by Gasteiger charge is -2.25. The van der Waals surface area contributed by atoms with Crippen LogP contribution in [0.2, 0.25) is 0 Å². The smallest absolute Gasteiger partial charge is 0.229 e. The van der Waals surface area contributed by atoms with Crippen LogP contribution in [0.15, 0.2) is 6.20 Å². The summed E-state index contributed by atoms with van der Waals surface area (Å²) in [6.07, 6.45) is 6.51. The monoisotopic (exact) mass is 247 g/mol. The van der Waals surface area contributed by atoms with Crippen molar-refractivity contribution in [2.24, 2.45) is 0 Å². The molecule has 0 spiro atoms. The fraction of sp³-hybridized carbons (Fsp3) is 0.583. The average molecular weight is 247 g/mol. The predicted molar refractivity (Wildman–Crippen MR) is 68.7 cm³/mol. The van der Waals surface area contributed by atoms with E-state index in [1.54, 1.807) is 6.20 Å². The Labute approximate surface area is 105 Å². The predicted octanol–water partition coefficient (Wildman–Crippen LogP) is 2.11. The van der Waals surface area contributed by atoms with Crippen LogP contribution >= 0.6 is 0 Å². The largest absolute Gasteiger partial charge is 0.474 e. The minimum atomic E-state index is 0.303. The number of nitrogens with one attached hydrogen (secondary N) is 2. The van der Waals surface area contributed by atoms with Gasteiger partial charge in [-0.25, -0.2) is 0 Å². The Hall–Kier alpha value is -1.85. The molecule has 1 aliphatic carbocycles. The summed E-state index contributed by atoms with van der Waals surface area (Å²) in [5.74, 6) is 1.24. The highest BCUT2D eigenvalue weighted by molar-refractivity contribution is 5.80. The Morgan fingerprint density at radius 3 is 3.06 bits per heavy atom. The molecule has 0 bridgehead atoms. The first-order chi connectivity index (χ1) is 8.86. The summed E-state index contributed by atoms with van der Waals surface area (Å²) in [5, 5.41) is 10.9. The van der Waals surface area contributed by atoms with E-state index in [2.05, 4.69) is 32.4 Å². The van der Waals surface area contributed by atoms with Gasteiger partial charge in [0, 0.05) is 6.54 Å². The molecule has 6 nitrogen and oxygen atoms in total. The normalized spacial score (nSPS) is 15.6. The van der Waals surface area contributed by atoms with Gasteiger partial charge in [-0.15, -0.1) is 0 Å². The van der Waals surface area contributed by atoms with Crippen LogP contribution in [-0.4, -0.2) is 32.8 Å². The van der Waals surface area contributed by atoms with Crippen LogP contribution in [0.25, 0.3) is 11.0 Å². The summed E-state index contributed by atoms with van der Waals surface area (Å²) in [4.78, 5) is 8.79. The molecule has 2 heterocycles. The molecule has 0 amide bonds. The number of H-pyrrole nitrogens is 1. The number of rotatable bonds is 5. The van der Waals surface area contributed by atoms with E-state index in [0.717, 1.165) is 36.8 Å². The highest BCUT2D eigenvalue weighted by atomic mass is 16.5. The van der Waals surface area contributed by atoms with Crippen molar-refractivity contribution in [3.8, 4) is 5.88 Å². The summed E-state index contributed by atoms with van der Waals surface area (Å²) in [6, 6.07) is 0. The highest BCUT2D eigenvalue weighted by Crippen LogP contribution is 2.28. The standard InChI is InChI=1S/C12H17N5O/c1-2-6-13-12-15-10-9(7-14-17-10)11(16-12)18-8-4-3-5-8/h7-8H,2-6H2,1H3,(H2,13,14,15,16,17). The summed E-state index contributed by atoms with van der Waals surface area (Å²) in [7, 11) is 0. The topological polar surface area (TPSA) is 75.7 Å². The molecule has 0 aromatic carbocycles. The molecule has 0 atom stereocenters. The third-order valence-electron chi connectivity index (χ3n) is 3.14. The molecule has 1 fully saturated rings. The van der Waals surface area contributed by atoms with E-state index in [1.807, 2.05) is 0 Å². The fourth-order valence-electron chi connectivity index (χ4n) is 1.86. The van der Waals surface area contributed by atoms with Crippen LogP contribution in [-0.2, 0) is 0 Å². The Kier molecular flexibility index (Phi) is 3.00. The van der Waals surface area contributed by atoms with Crippen molar-refractivity contribution in [2.75, 3.05) is 11.9 Å². The van der Waals surface area contributed by atoms with Gasteiger partial charge in [0.1, 0.15) is 11.5 Å². The number of anilines is 1. The van der Waals surface area contributed by atoms with Crippen molar-refractivity contribution < 1.29 is 4.74 Å². The van der Waals surface area contributed by atoms with E-state index < -0.39 is 0 Å². The molecule has 3 rings (SSSR count). The number of aromatic amines is 1. The van der Waals surface area contributed by atoms with Gasteiger partial charge < -0.3 is 10.1 Å². The van der Waals surface area contributed by atoms with Gasteiger partial charge in [-0.2, -0.15) is 15.1 Å². The Balaban J connectivity index is 1.89. The van der Waals surface area contributed by atoms with Crippen molar-refractivity contribution in [3.63, 3.8) is 0 Å². The van der Waals surface area contributed by atoms with Gasteiger partial charge in [-0.3, -0.25) is 5.10 Å². The van der Waals surface area contributed by atoms with Gasteiger partial charge in [0.2, 0.25) is 11.8 Å². The molecule has 2 N–H and O–H groups in total. The molecule has 1 aliphatic rings. The number of aromatic nitrogens is 4. The number of nitrogens with zero attached hydrogens (tertiary/aromatic N) is 3. The lowest BCUT2D eigenvalue weighted by Crippen LogP contribution is -2.25. The molecule has 96 valence electrons. The van der Waals surface area contributed by atoms with E-state index in [4.69, 9.17) is 4.74 Å². The SMILES string of the molecule is CCCNc1nc(OC2CCC2)c2cn[nH]c2n1. The van der Waals surface area contributed by atoms with Crippen molar-refractivity contribution in [3.05, 3.63) is 6.20 Å². The third-order valence-corrected chi connectivity index (χ3v) is 3.14. The second kappa shape index (κ2) is 4.80. The molecular weight excluding hydrogens is 230 g/mol. The molecular formula is C12H17N5O. The number of fused-ring (bicyclic) bond motifs is 1. The van der Waals surface area contributed by atoms with Crippen molar-refractivity contribution in [1.82, 2.24) is 20.2 Å². The van der Waals surface area contributed by atoms with Gasteiger partial charge in [-0.1, -0.05) is 6.92 Å². The zero-order chi connectivity index (χ0) is 12.4. The van der Waals surface area contributed by atoms with E-state index in [9.17, 15) is 0 Å². The maximum atomic E-state index is 5.89. The highest BCUT2D eigenvalue weighted by Gasteiger charge is 2.21. The van der Waals surface area contributed by atoms with Gasteiger partial charge in [-0.05, 0) is 25.7 Å². The Bertz CT molecular complexity index is 534. The zero-order valence-corrected chi connectivity index (χ0v) is 10.4. The van der Waals surface area contributed by atoms with E-state index >= 15 is 0 Å². The average Bonchev–Trinajstić information content (AvgIpc) is 2.79. The van der Waals surface area contributed by atoms with Crippen molar-refractivity contribution in [1.29, 1.82) is 0 Å². The first-order valence-electron chi connectivity index (χ1n) is 6.48. The van der Waals surface area contributed by atoms with Crippen LogP contribution < -0.4 is 10.1 Å². The van der Waals surface area contributed by atoms with Gasteiger partial charge in [0.15, 0.2) is 5.65 Å². The van der Waals surface area contributed by atoms with Gasteiger partial charge in [0.25, 0.3) is 0 Å². The Morgan fingerprint density at radius 1 is 1.44 bits per heavy atom. The lowest BCUT2D eigenvalue weighted by atomic mass is 9.96. The van der Waals surface area contributed by atoms with Gasteiger partial charge >= 0.3 is 0 Å². The van der Waals surface area contributed by atoms with Crippen LogP contribution in [0.4, 0.5) is 5.95 Å². The molecule has 2 aromatic heterocycles. The van der Waals surface area contributed by atoms with Crippen LogP contribution in [0.5, 0.6) is 5.88 Å². The minimum absolute atomic E-state index is 0.303. The van der Waals surface area contributed by atoms with Crippen LogP contribution in [0.3, 0.4) is 0 Å². The number of hydrogen-bond donors (Lipinski definition) is 2. The number of ether oxygens (including phenoxy) is 1. The van der Waals surface area contributed by atoms with Crippen molar-refractivity contribution >= 4 is 17.0 Å². The minimum Gasteiger partial charge on any atom is -0.474 e. The number of hydrogen-bond acceptors (Lipinski definition) is 5. The summed E-state index contributed by atoms with van der Waals surface area (Å²) in [5.41, 5.74) is 0.720. The Morgan fingerprint density at radius 2 is 2.33 bits per heavy atom. The molecule has 2 aromatic rings. The maximum absolute atomic E-state index is 5.89. The van der Waals surface area contributed by atoms with Crippen LogP contribution in [0, 0.1) is 0 Å². The molecule has 1 saturated carbocycles. The van der Waals surface area contributed by atoms with Crippen LogP contribution in [0.1, 0.15) is 32.6 Å². The first kappa shape index (κ1) is 11.3. The second-order valence-electron chi connectivity index (χ2n) is 4.58.